The summed E-state index contributed by atoms with van der Waals surface area (Å²) in [7, 11) is 0. The van der Waals surface area contributed by atoms with Gasteiger partial charge in [-0.2, -0.15) is 4.57 Å². The first-order chi connectivity index (χ1) is 18.2. The summed E-state index contributed by atoms with van der Waals surface area (Å²) in [6, 6.07) is 32.5. The first kappa shape index (κ1) is 24.7. The zero-order valence-corrected chi connectivity index (χ0v) is 21.2. The minimum absolute atomic E-state index is 0.0919. The second-order valence-corrected chi connectivity index (χ2v) is 9.48. The van der Waals surface area contributed by atoms with Crippen LogP contribution in [-0.2, 0) is 11.3 Å². The van der Waals surface area contributed by atoms with Gasteiger partial charge in [-0.25, -0.2) is 0 Å². The predicted molar refractivity (Wildman–Crippen MR) is 155 cm³/mol. The van der Waals surface area contributed by atoms with Gasteiger partial charge in [-0.3, -0.25) is 4.79 Å². The quantitative estimate of drug-likeness (QED) is 0.139. The fourth-order valence-electron chi connectivity index (χ4n) is 5.10. The summed E-state index contributed by atoms with van der Waals surface area (Å²) in [5.41, 5.74) is 9.12. The van der Waals surface area contributed by atoms with Crippen LogP contribution in [0.4, 0.5) is 0 Å². The Morgan fingerprint density at radius 2 is 1.43 bits per heavy atom. The molecule has 0 fully saturated rings. The number of aromatic nitrogens is 1. The molecule has 0 aliphatic rings. The lowest BCUT2D eigenvalue weighted by Crippen LogP contribution is -2.38. The van der Waals surface area contributed by atoms with Gasteiger partial charge in [0.25, 0.3) is 0 Å². The van der Waals surface area contributed by atoms with Crippen LogP contribution in [0.2, 0.25) is 0 Å². The van der Waals surface area contributed by atoms with Crippen molar-refractivity contribution in [3.05, 3.63) is 102 Å². The molecule has 3 N–H and O–H groups in total. The topological polar surface area (TPSA) is 59.0 Å². The van der Waals surface area contributed by atoms with Gasteiger partial charge in [0.1, 0.15) is 6.54 Å². The van der Waals surface area contributed by atoms with Crippen molar-refractivity contribution in [1.29, 1.82) is 0 Å². The molecule has 1 heterocycles. The first-order valence-electron chi connectivity index (χ1n) is 13.2. The Morgan fingerprint density at radius 3 is 2.16 bits per heavy atom. The van der Waals surface area contributed by atoms with E-state index in [1.165, 1.54) is 43.7 Å². The van der Waals surface area contributed by atoms with Crippen LogP contribution in [0.25, 0.3) is 44.6 Å². The van der Waals surface area contributed by atoms with Crippen LogP contribution in [-0.4, -0.2) is 19.0 Å². The number of para-hydroxylation sites is 1. The zero-order chi connectivity index (χ0) is 25.5. The molecule has 0 bridgehead atoms. The van der Waals surface area contributed by atoms with Crippen molar-refractivity contribution in [2.75, 3.05) is 13.1 Å². The average Bonchev–Trinajstić information content (AvgIpc) is 2.94. The number of unbranched alkanes of at least 4 members (excludes halogenated alkanes) is 2. The smallest absolute Gasteiger partial charge is 0.220 e. The lowest BCUT2D eigenvalue weighted by molar-refractivity contribution is -0.673. The third-order valence-corrected chi connectivity index (χ3v) is 6.96. The summed E-state index contributed by atoms with van der Waals surface area (Å²) < 4.78 is 2.41. The highest BCUT2D eigenvalue weighted by Crippen LogP contribution is 2.30. The Balaban J connectivity index is 1.44. The highest BCUT2D eigenvalue weighted by atomic mass is 16.1. The molecule has 5 aromatic rings. The van der Waals surface area contributed by atoms with E-state index >= 15 is 0 Å². The molecule has 37 heavy (non-hydrogen) atoms. The highest BCUT2D eigenvalue weighted by Gasteiger charge is 2.14. The van der Waals surface area contributed by atoms with Gasteiger partial charge < -0.3 is 11.1 Å². The normalized spacial score (nSPS) is 11.6. The lowest BCUT2D eigenvalue weighted by Gasteiger charge is -2.09. The molecule has 186 valence electrons. The van der Waals surface area contributed by atoms with E-state index in [1.54, 1.807) is 0 Å². The number of benzene rings is 4. The second-order valence-electron chi connectivity index (χ2n) is 9.48. The van der Waals surface area contributed by atoms with E-state index in [1.807, 2.05) is 0 Å². The van der Waals surface area contributed by atoms with E-state index < -0.39 is 0 Å². The molecule has 0 aliphatic heterocycles. The van der Waals surface area contributed by atoms with E-state index in [4.69, 9.17) is 5.73 Å². The summed E-state index contributed by atoms with van der Waals surface area (Å²) >= 11 is 0. The van der Waals surface area contributed by atoms with E-state index in [9.17, 15) is 4.79 Å². The van der Waals surface area contributed by atoms with Gasteiger partial charge in [0.2, 0.25) is 17.1 Å². The molecule has 5 rings (SSSR count). The van der Waals surface area contributed by atoms with Crippen LogP contribution in [0.5, 0.6) is 0 Å². The number of carbonyl (C=O) groups is 1. The molecule has 1 aromatic heterocycles. The molecule has 4 nitrogen and oxygen atoms in total. The van der Waals surface area contributed by atoms with Gasteiger partial charge in [0, 0.05) is 49.5 Å². The summed E-state index contributed by atoms with van der Waals surface area (Å²) in [6.07, 6.45) is 7.98. The maximum atomic E-state index is 11.9. The number of nitrogens with one attached hydrogen (secondary N) is 1. The third-order valence-electron chi connectivity index (χ3n) is 6.96. The van der Waals surface area contributed by atoms with Crippen molar-refractivity contribution in [1.82, 2.24) is 5.32 Å². The molecule has 0 radical (unpaired) electrons. The number of pyridine rings is 1. The summed E-state index contributed by atoms with van der Waals surface area (Å²) in [5.74, 6) is 0.0919. The number of hydrogen-bond donors (Lipinski definition) is 2. The van der Waals surface area contributed by atoms with Crippen molar-refractivity contribution in [3.8, 4) is 0 Å². The number of nitrogens with two attached hydrogens (primary N) is 1. The van der Waals surface area contributed by atoms with Crippen molar-refractivity contribution in [2.24, 2.45) is 5.73 Å². The number of hydrogen-bond acceptors (Lipinski definition) is 2. The van der Waals surface area contributed by atoms with Gasteiger partial charge in [-0.15, -0.1) is 0 Å². The van der Waals surface area contributed by atoms with Crippen LogP contribution in [0.3, 0.4) is 0 Å². The van der Waals surface area contributed by atoms with Gasteiger partial charge in [-0.05, 0) is 64.2 Å². The number of fused-ring (bicyclic) bond motifs is 3. The molecule has 0 saturated carbocycles. The molecule has 0 saturated heterocycles. The standard InChI is InChI=1S/C33H33N3O/c34-21-22-35-33(37)16-2-1-9-23-36-28(18-17-25-10-5-8-15-32(25)36)19-20-31-29-13-6-3-11-26(29)24-27-12-4-7-14-30(27)31/h3-8,10-15,17-20,24H,1-2,9,16,21-23,34H2/p+1/b20-19+. The first-order valence-corrected chi connectivity index (χ1v) is 13.2. The van der Waals surface area contributed by atoms with Crippen LogP contribution in [0.15, 0.2) is 91.0 Å². The SMILES string of the molecule is NCCNC(=O)CCCCC[n+]1c(/C=C/c2c3ccccc3cc3ccccc23)ccc2ccccc21. The second kappa shape index (κ2) is 11.8. The van der Waals surface area contributed by atoms with Crippen molar-refractivity contribution in [3.63, 3.8) is 0 Å². The summed E-state index contributed by atoms with van der Waals surface area (Å²) in [4.78, 5) is 11.9. The Hall–Kier alpha value is -4.02. The molecule has 4 aromatic carbocycles. The van der Waals surface area contributed by atoms with Crippen LogP contribution < -0.4 is 15.6 Å². The van der Waals surface area contributed by atoms with Crippen molar-refractivity contribution >= 4 is 50.5 Å². The fraction of sp³-hybridized carbons (Fsp3) is 0.212. The zero-order valence-electron chi connectivity index (χ0n) is 21.2. The van der Waals surface area contributed by atoms with Crippen LogP contribution >= 0.6 is 0 Å². The van der Waals surface area contributed by atoms with E-state index in [0.29, 0.717) is 19.5 Å². The van der Waals surface area contributed by atoms with Crippen molar-refractivity contribution in [2.45, 2.75) is 32.2 Å². The van der Waals surface area contributed by atoms with Crippen LogP contribution in [0, 0.1) is 0 Å². The number of amides is 1. The predicted octanol–water partition coefficient (Wildman–Crippen LogP) is 6.24. The average molecular weight is 489 g/mol. The Morgan fingerprint density at radius 1 is 0.757 bits per heavy atom. The Labute approximate surface area is 218 Å². The number of rotatable bonds is 10. The summed E-state index contributed by atoms with van der Waals surface area (Å²) in [6.45, 7) is 1.93. The molecule has 0 atom stereocenters. The van der Waals surface area contributed by atoms with Crippen LogP contribution in [0.1, 0.15) is 36.9 Å². The number of aryl methyl sites for hydroxylation is 1. The fourth-order valence-corrected chi connectivity index (χ4v) is 5.10. The monoisotopic (exact) mass is 488 g/mol. The molecule has 0 aliphatic carbocycles. The molecule has 4 heteroatoms. The largest absolute Gasteiger partial charge is 0.355 e. The maximum Gasteiger partial charge on any atom is 0.220 e. The lowest BCUT2D eigenvalue weighted by atomic mass is 9.96. The Bertz CT molecular complexity index is 1520. The van der Waals surface area contributed by atoms with Gasteiger partial charge >= 0.3 is 0 Å². The Kier molecular flexibility index (Phi) is 7.87. The van der Waals surface area contributed by atoms with Gasteiger partial charge in [0.05, 0.1) is 0 Å². The highest BCUT2D eigenvalue weighted by molar-refractivity contribution is 6.07. The molecular weight excluding hydrogens is 454 g/mol. The molecular formula is C33H34N3O+. The van der Waals surface area contributed by atoms with Gasteiger partial charge in [-0.1, -0.05) is 60.7 Å². The molecule has 0 unspecified atom stereocenters. The van der Waals surface area contributed by atoms with E-state index in [2.05, 4.69) is 113 Å². The van der Waals surface area contributed by atoms with E-state index in [-0.39, 0.29) is 5.91 Å². The number of nitrogens with zero attached hydrogens (tertiary/aromatic N) is 1. The van der Waals surface area contributed by atoms with Crippen molar-refractivity contribution < 1.29 is 9.36 Å². The number of carbonyl (C=O) groups excluding carboxylic acids is 1. The third kappa shape index (κ3) is 5.71. The molecule has 0 spiro atoms. The maximum absolute atomic E-state index is 11.9. The van der Waals surface area contributed by atoms with E-state index in [0.717, 1.165) is 25.8 Å². The minimum atomic E-state index is 0.0919. The van der Waals surface area contributed by atoms with Gasteiger partial charge in [0.15, 0.2) is 0 Å². The molecule has 1 amide bonds. The minimum Gasteiger partial charge on any atom is -0.355 e. The summed E-state index contributed by atoms with van der Waals surface area (Å²) in [5, 5.41) is 9.11.